The molecule has 2 aliphatic heterocycles. The van der Waals surface area contributed by atoms with E-state index in [0.717, 1.165) is 22.6 Å². The Balaban J connectivity index is 2.11. The van der Waals surface area contributed by atoms with E-state index in [-0.39, 0.29) is 5.91 Å². The molecule has 30 heavy (non-hydrogen) atoms. The van der Waals surface area contributed by atoms with Crippen molar-refractivity contribution in [2.75, 3.05) is 18.1 Å². The molecule has 5 atom stereocenters. The zero-order chi connectivity index (χ0) is 22.2. The predicted molar refractivity (Wildman–Crippen MR) is 113 cm³/mol. The van der Waals surface area contributed by atoms with Crippen LogP contribution in [0.1, 0.15) is 40.2 Å². The zero-order valence-electron chi connectivity index (χ0n) is 18.1. The fourth-order valence-corrected chi connectivity index (χ4v) is 4.46. The average Bonchev–Trinajstić information content (AvgIpc) is 2.67. The number of nitrogens with zero attached hydrogens (tertiary/aromatic N) is 1. The predicted octanol–water partition coefficient (Wildman–Crippen LogP) is 1.03. The van der Waals surface area contributed by atoms with Crippen molar-refractivity contribution in [1.29, 1.82) is 0 Å². The Labute approximate surface area is 177 Å². The molecule has 166 valence electrons. The SMILES string of the molecule is CCOc1ccc2c(c1)C(C)=CC(C)(C)N2C1O[C@H](CO)[C@@H](O)[C@H](O)[C@H]1NC(C)=O. The number of hydrogen-bond donors (Lipinski definition) is 4. The molecular formula is C22H32N2O6. The lowest BCUT2D eigenvalue weighted by Crippen LogP contribution is -2.70. The summed E-state index contributed by atoms with van der Waals surface area (Å²) in [6.45, 7) is 9.41. The van der Waals surface area contributed by atoms with Gasteiger partial charge in [0.05, 0.1) is 18.8 Å². The Kier molecular flexibility index (Phi) is 6.43. The van der Waals surface area contributed by atoms with Crippen LogP contribution in [0.3, 0.4) is 0 Å². The van der Waals surface area contributed by atoms with Crippen LogP contribution in [0.2, 0.25) is 0 Å². The fourth-order valence-electron chi connectivity index (χ4n) is 4.46. The number of carbonyl (C=O) groups excluding carboxylic acids is 1. The van der Waals surface area contributed by atoms with Crippen molar-refractivity contribution in [2.45, 2.75) is 70.7 Å². The average molecular weight is 421 g/mol. The first-order valence-electron chi connectivity index (χ1n) is 10.3. The van der Waals surface area contributed by atoms with Crippen LogP contribution >= 0.6 is 0 Å². The van der Waals surface area contributed by atoms with Gasteiger partial charge in [-0.1, -0.05) is 6.08 Å². The number of carbonyl (C=O) groups is 1. The van der Waals surface area contributed by atoms with Crippen LogP contribution < -0.4 is 15.0 Å². The van der Waals surface area contributed by atoms with E-state index in [1.165, 1.54) is 6.92 Å². The Hall–Kier alpha value is -2.13. The largest absolute Gasteiger partial charge is 0.494 e. The molecule has 4 N–H and O–H groups in total. The van der Waals surface area contributed by atoms with Gasteiger partial charge < -0.3 is 35.0 Å². The van der Waals surface area contributed by atoms with Crippen molar-refractivity contribution in [2.24, 2.45) is 0 Å². The van der Waals surface area contributed by atoms with Crippen LogP contribution in [0.5, 0.6) is 5.75 Å². The summed E-state index contributed by atoms with van der Waals surface area (Å²) >= 11 is 0. The molecule has 1 unspecified atom stereocenters. The van der Waals surface area contributed by atoms with Gasteiger partial charge in [0.1, 0.15) is 30.1 Å². The number of aliphatic hydroxyl groups is 3. The molecule has 0 aromatic heterocycles. The summed E-state index contributed by atoms with van der Waals surface area (Å²) in [6, 6.07) is 4.86. The van der Waals surface area contributed by atoms with Crippen LogP contribution in [0, 0.1) is 0 Å². The first-order chi connectivity index (χ1) is 14.1. The molecule has 0 saturated carbocycles. The van der Waals surface area contributed by atoms with Crippen molar-refractivity contribution in [3.63, 3.8) is 0 Å². The maximum absolute atomic E-state index is 11.9. The van der Waals surface area contributed by atoms with Crippen molar-refractivity contribution in [1.82, 2.24) is 5.32 Å². The maximum atomic E-state index is 11.9. The molecule has 8 nitrogen and oxygen atoms in total. The van der Waals surface area contributed by atoms with E-state index >= 15 is 0 Å². The number of amides is 1. The fraction of sp³-hybridized carbons (Fsp3) is 0.591. The van der Waals surface area contributed by atoms with Gasteiger partial charge in [-0.05, 0) is 51.5 Å². The van der Waals surface area contributed by atoms with E-state index in [4.69, 9.17) is 9.47 Å². The molecule has 0 aliphatic carbocycles. The summed E-state index contributed by atoms with van der Waals surface area (Å²) in [7, 11) is 0. The van der Waals surface area contributed by atoms with E-state index in [0.29, 0.717) is 6.61 Å². The van der Waals surface area contributed by atoms with Gasteiger partial charge in [-0.25, -0.2) is 0 Å². The summed E-state index contributed by atoms with van der Waals surface area (Å²) in [6.07, 6.45) is -2.35. The highest BCUT2D eigenvalue weighted by Gasteiger charge is 2.50. The Morgan fingerprint density at radius 1 is 1.30 bits per heavy atom. The maximum Gasteiger partial charge on any atom is 0.217 e. The number of benzene rings is 1. The number of allylic oxidation sites excluding steroid dienone is 1. The van der Waals surface area contributed by atoms with Crippen LogP contribution in [-0.4, -0.2) is 70.6 Å². The number of nitrogens with one attached hydrogen (secondary N) is 1. The third-order valence-corrected chi connectivity index (χ3v) is 5.68. The van der Waals surface area contributed by atoms with Gasteiger partial charge in [0.15, 0.2) is 6.23 Å². The summed E-state index contributed by atoms with van der Waals surface area (Å²) in [5.41, 5.74) is 2.34. The second-order valence-corrected chi connectivity index (χ2v) is 8.42. The first-order valence-corrected chi connectivity index (χ1v) is 10.3. The molecule has 1 saturated heterocycles. The van der Waals surface area contributed by atoms with Gasteiger partial charge in [0.25, 0.3) is 0 Å². The standard InChI is InChI=1S/C22H32N2O6/c1-6-29-14-7-8-16-15(9-14)12(2)10-22(4,5)24(16)21-18(23-13(3)26)20(28)19(27)17(11-25)30-21/h7-10,17-21,25,27-28H,6,11H2,1-5H3,(H,23,26)/t17-,18-,19-,20-,21?/m1/s1. The van der Waals surface area contributed by atoms with Crippen LogP contribution in [0.4, 0.5) is 5.69 Å². The number of fused-ring (bicyclic) bond motifs is 1. The minimum Gasteiger partial charge on any atom is -0.494 e. The van der Waals surface area contributed by atoms with E-state index in [1.54, 1.807) is 0 Å². The molecule has 2 aliphatic rings. The number of anilines is 1. The summed E-state index contributed by atoms with van der Waals surface area (Å²) < 4.78 is 11.7. The van der Waals surface area contributed by atoms with E-state index < -0.39 is 42.7 Å². The number of hydrogen-bond acceptors (Lipinski definition) is 7. The first kappa shape index (κ1) is 22.6. The normalized spacial score (nSPS) is 30.3. The lowest BCUT2D eigenvalue weighted by molar-refractivity contribution is -0.197. The molecule has 8 heteroatoms. The van der Waals surface area contributed by atoms with Crippen molar-refractivity contribution in [3.05, 3.63) is 29.8 Å². The number of ether oxygens (including phenoxy) is 2. The second-order valence-electron chi connectivity index (χ2n) is 8.42. The highest BCUT2D eigenvalue weighted by molar-refractivity contribution is 5.82. The minimum atomic E-state index is -1.33. The van der Waals surface area contributed by atoms with Gasteiger partial charge in [-0.3, -0.25) is 4.79 Å². The minimum absolute atomic E-state index is 0.351. The Morgan fingerprint density at radius 2 is 2.00 bits per heavy atom. The molecule has 2 heterocycles. The van der Waals surface area contributed by atoms with E-state index in [2.05, 4.69) is 11.4 Å². The highest BCUT2D eigenvalue weighted by atomic mass is 16.5. The van der Waals surface area contributed by atoms with E-state index in [1.807, 2.05) is 50.8 Å². The van der Waals surface area contributed by atoms with Gasteiger partial charge in [0, 0.05) is 18.2 Å². The van der Waals surface area contributed by atoms with Gasteiger partial charge in [-0.2, -0.15) is 0 Å². The van der Waals surface area contributed by atoms with Gasteiger partial charge in [0.2, 0.25) is 5.91 Å². The molecule has 1 aromatic carbocycles. The van der Waals surface area contributed by atoms with Crippen molar-refractivity contribution in [3.8, 4) is 5.75 Å². The number of aliphatic hydroxyl groups excluding tert-OH is 3. The number of rotatable bonds is 5. The molecule has 0 spiro atoms. The monoisotopic (exact) mass is 420 g/mol. The van der Waals surface area contributed by atoms with Crippen LogP contribution in [0.25, 0.3) is 5.57 Å². The van der Waals surface area contributed by atoms with Gasteiger partial charge in [-0.15, -0.1) is 0 Å². The summed E-state index contributed by atoms with van der Waals surface area (Å²) in [5, 5.41) is 33.5. The third-order valence-electron chi connectivity index (χ3n) is 5.68. The molecular weight excluding hydrogens is 388 g/mol. The van der Waals surface area contributed by atoms with Crippen LogP contribution in [0.15, 0.2) is 24.3 Å². The van der Waals surface area contributed by atoms with Crippen LogP contribution in [-0.2, 0) is 9.53 Å². The Bertz CT molecular complexity index is 824. The summed E-state index contributed by atoms with van der Waals surface area (Å²) in [4.78, 5) is 13.8. The van der Waals surface area contributed by atoms with Gasteiger partial charge >= 0.3 is 0 Å². The molecule has 3 rings (SSSR count). The molecule has 1 amide bonds. The lowest BCUT2D eigenvalue weighted by atomic mass is 9.85. The second kappa shape index (κ2) is 8.55. The molecule has 0 bridgehead atoms. The topological polar surface area (TPSA) is 111 Å². The van der Waals surface area contributed by atoms with E-state index in [9.17, 15) is 20.1 Å². The third kappa shape index (κ3) is 4.05. The molecule has 1 fully saturated rings. The highest BCUT2D eigenvalue weighted by Crippen LogP contribution is 2.43. The Morgan fingerprint density at radius 3 is 2.60 bits per heavy atom. The zero-order valence-corrected chi connectivity index (χ0v) is 18.1. The van der Waals surface area contributed by atoms with Crippen molar-refractivity contribution < 1.29 is 29.6 Å². The summed E-state index contributed by atoms with van der Waals surface area (Å²) in [5.74, 6) is 0.395. The molecule has 1 aromatic rings. The quantitative estimate of drug-likeness (QED) is 0.563. The molecule has 0 radical (unpaired) electrons. The van der Waals surface area contributed by atoms with Crippen molar-refractivity contribution >= 4 is 17.2 Å². The lowest BCUT2D eigenvalue weighted by Gasteiger charge is -2.53. The smallest absolute Gasteiger partial charge is 0.217 e.